The van der Waals surface area contributed by atoms with Crippen LogP contribution < -0.4 is 5.32 Å². The van der Waals surface area contributed by atoms with Gasteiger partial charge in [0.1, 0.15) is 6.33 Å². The van der Waals surface area contributed by atoms with E-state index in [2.05, 4.69) is 44.5 Å². The molecule has 1 saturated heterocycles. The van der Waals surface area contributed by atoms with Crippen LogP contribution in [0.25, 0.3) is 11.1 Å². The monoisotopic (exact) mass is 296 g/mol. The summed E-state index contributed by atoms with van der Waals surface area (Å²) in [6.45, 7) is 1.79. The summed E-state index contributed by atoms with van der Waals surface area (Å²) in [5.41, 5.74) is 3.34. The molecular weight excluding hydrogens is 276 g/mol. The molecule has 1 atom stereocenters. The van der Waals surface area contributed by atoms with Gasteiger partial charge in [-0.15, -0.1) is 0 Å². The molecule has 1 N–H and O–H groups in total. The van der Waals surface area contributed by atoms with Crippen LogP contribution in [0.1, 0.15) is 18.4 Å². The van der Waals surface area contributed by atoms with Crippen molar-refractivity contribution in [1.82, 2.24) is 20.2 Å². The molecule has 5 nitrogen and oxygen atoms in total. The minimum Gasteiger partial charge on any atom is -0.358 e. The van der Waals surface area contributed by atoms with Crippen LogP contribution in [0.5, 0.6) is 0 Å². The van der Waals surface area contributed by atoms with E-state index in [0.29, 0.717) is 0 Å². The van der Waals surface area contributed by atoms with Gasteiger partial charge in [-0.25, -0.2) is 9.97 Å². The van der Waals surface area contributed by atoms with Crippen LogP contribution in [0.3, 0.4) is 0 Å². The van der Waals surface area contributed by atoms with Gasteiger partial charge in [-0.05, 0) is 30.5 Å². The van der Waals surface area contributed by atoms with E-state index in [4.69, 9.17) is 0 Å². The second-order valence-electron chi connectivity index (χ2n) is 5.57. The third-order valence-electron chi connectivity index (χ3n) is 4.15. The van der Waals surface area contributed by atoms with Gasteiger partial charge in [0.2, 0.25) is 5.91 Å². The van der Waals surface area contributed by atoms with Crippen molar-refractivity contribution < 1.29 is 4.79 Å². The van der Waals surface area contributed by atoms with Gasteiger partial charge in [-0.1, -0.05) is 24.3 Å². The summed E-state index contributed by atoms with van der Waals surface area (Å²) < 4.78 is 0. The number of likely N-dealkylation sites (N-methyl/N-ethyl adjacent to an activating group) is 1. The molecule has 1 aliphatic heterocycles. The van der Waals surface area contributed by atoms with Crippen LogP contribution in [0, 0.1) is 0 Å². The van der Waals surface area contributed by atoms with E-state index in [-0.39, 0.29) is 11.9 Å². The third-order valence-corrected chi connectivity index (χ3v) is 4.15. The average molecular weight is 296 g/mol. The van der Waals surface area contributed by atoms with E-state index in [1.54, 1.807) is 7.05 Å². The molecule has 0 aliphatic carbocycles. The summed E-state index contributed by atoms with van der Waals surface area (Å²) in [5, 5.41) is 2.76. The topological polar surface area (TPSA) is 58.1 Å². The molecule has 1 aromatic heterocycles. The van der Waals surface area contributed by atoms with Crippen molar-refractivity contribution in [3.05, 3.63) is 48.5 Å². The Balaban J connectivity index is 1.70. The Hall–Kier alpha value is -2.27. The zero-order valence-electron chi connectivity index (χ0n) is 12.7. The number of amides is 1. The first-order chi connectivity index (χ1) is 10.8. The highest BCUT2D eigenvalue weighted by atomic mass is 16.2. The Morgan fingerprint density at radius 1 is 1.23 bits per heavy atom. The maximum absolute atomic E-state index is 11.9. The van der Waals surface area contributed by atoms with Crippen LogP contribution in [-0.2, 0) is 11.3 Å². The first-order valence-electron chi connectivity index (χ1n) is 7.58. The summed E-state index contributed by atoms with van der Waals surface area (Å²) in [5.74, 6) is 0.121. The predicted molar refractivity (Wildman–Crippen MR) is 85.0 cm³/mol. The Labute approximate surface area is 130 Å². The van der Waals surface area contributed by atoms with Gasteiger partial charge >= 0.3 is 0 Å². The third kappa shape index (κ3) is 3.14. The minimum absolute atomic E-state index is 0.00667. The van der Waals surface area contributed by atoms with Crippen LogP contribution in [0.15, 0.2) is 43.0 Å². The SMILES string of the molecule is CNC(=O)C1CCCN1Cc1ccc(-c2cncnc2)cc1. The number of carbonyl (C=O) groups excluding carboxylic acids is 1. The highest BCUT2D eigenvalue weighted by Crippen LogP contribution is 2.22. The lowest BCUT2D eigenvalue weighted by Crippen LogP contribution is -2.41. The molecule has 0 radical (unpaired) electrons. The second kappa shape index (κ2) is 6.66. The van der Waals surface area contributed by atoms with Crippen LogP contribution >= 0.6 is 0 Å². The molecule has 1 unspecified atom stereocenters. The zero-order valence-corrected chi connectivity index (χ0v) is 12.7. The summed E-state index contributed by atoms with van der Waals surface area (Å²) in [4.78, 5) is 22.2. The van der Waals surface area contributed by atoms with Crippen molar-refractivity contribution in [1.29, 1.82) is 0 Å². The molecule has 3 rings (SSSR count). The van der Waals surface area contributed by atoms with Gasteiger partial charge in [0.05, 0.1) is 6.04 Å². The number of nitrogens with zero attached hydrogens (tertiary/aromatic N) is 3. The fourth-order valence-corrected chi connectivity index (χ4v) is 2.96. The molecule has 5 heteroatoms. The summed E-state index contributed by atoms with van der Waals surface area (Å²) in [6, 6.07) is 8.40. The summed E-state index contributed by atoms with van der Waals surface area (Å²) in [6.07, 6.45) is 7.18. The van der Waals surface area contributed by atoms with Gasteiger partial charge < -0.3 is 5.32 Å². The predicted octanol–water partition coefficient (Wildman–Crippen LogP) is 1.85. The summed E-state index contributed by atoms with van der Waals surface area (Å²) >= 11 is 0. The Bertz CT molecular complexity index is 627. The number of hydrogen-bond acceptors (Lipinski definition) is 4. The molecule has 0 saturated carbocycles. The largest absolute Gasteiger partial charge is 0.358 e. The lowest BCUT2D eigenvalue weighted by Gasteiger charge is -2.23. The lowest BCUT2D eigenvalue weighted by molar-refractivity contribution is -0.125. The molecule has 1 aliphatic rings. The number of nitrogens with one attached hydrogen (secondary N) is 1. The Morgan fingerprint density at radius 3 is 2.64 bits per heavy atom. The standard InChI is InChI=1S/C17H20N4O/c1-18-17(22)16-3-2-8-21(16)11-13-4-6-14(7-5-13)15-9-19-12-20-10-15/h4-7,9-10,12,16H,2-3,8,11H2,1H3,(H,18,22). The van der Waals surface area contributed by atoms with Crippen molar-refractivity contribution in [2.75, 3.05) is 13.6 Å². The van der Waals surface area contributed by atoms with Gasteiger partial charge in [-0.2, -0.15) is 0 Å². The lowest BCUT2D eigenvalue weighted by atomic mass is 10.1. The number of carbonyl (C=O) groups is 1. The number of benzene rings is 1. The first-order valence-corrected chi connectivity index (χ1v) is 7.58. The molecule has 1 fully saturated rings. The molecule has 0 bridgehead atoms. The quantitative estimate of drug-likeness (QED) is 0.935. The Kier molecular flexibility index (Phi) is 4.44. The van der Waals surface area contributed by atoms with Gasteiger partial charge in [0, 0.05) is 31.5 Å². The van der Waals surface area contributed by atoms with E-state index >= 15 is 0 Å². The molecule has 114 valence electrons. The van der Waals surface area contributed by atoms with E-state index in [0.717, 1.165) is 37.1 Å². The number of hydrogen-bond donors (Lipinski definition) is 1. The summed E-state index contributed by atoms with van der Waals surface area (Å²) in [7, 11) is 1.70. The van der Waals surface area contributed by atoms with Crippen LogP contribution in [-0.4, -0.2) is 40.4 Å². The molecule has 2 heterocycles. The van der Waals surface area contributed by atoms with E-state index < -0.39 is 0 Å². The maximum Gasteiger partial charge on any atom is 0.237 e. The molecule has 0 spiro atoms. The molecule has 2 aromatic rings. The zero-order chi connectivity index (χ0) is 15.4. The fourth-order valence-electron chi connectivity index (χ4n) is 2.96. The molecule has 22 heavy (non-hydrogen) atoms. The highest BCUT2D eigenvalue weighted by molar-refractivity contribution is 5.81. The molecule has 1 amide bonds. The Morgan fingerprint density at radius 2 is 1.95 bits per heavy atom. The van der Waals surface area contributed by atoms with Crippen molar-refractivity contribution >= 4 is 5.91 Å². The average Bonchev–Trinajstić information content (AvgIpc) is 3.04. The smallest absolute Gasteiger partial charge is 0.237 e. The minimum atomic E-state index is 0.00667. The number of likely N-dealkylation sites (tertiary alicyclic amines) is 1. The van der Waals surface area contributed by atoms with Crippen molar-refractivity contribution in [2.24, 2.45) is 0 Å². The second-order valence-corrected chi connectivity index (χ2v) is 5.57. The first kappa shape index (κ1) is 14.7. The van der Waals surface area contributed by atoms with Crippen molar-refractivity contribution in [3.63, 3.8) is 0 Å². The maximum atomic E-state index is 11.9. The van der Waals surface area contributed by atoms with E-state index in [9.17, 15) is 4.79 Å². The van der Waals surface area contributed by atoms with Crippen molar-refractivity contribution in [2.45, 2.75) is 25.4 Å². The highest BCUT2D eigenvalue weighted by Gasteiger charge is 2.29. The van der Waals surface area contributed by atoms with Crippen LogP contribution in [0.2, 0.25) is 0 Å². The van der Waals surface area contributed by atoms with Crippen LogP contribution in [0.4, 0.5) is 0 Å². The van der Waals surface area contributed by atoms with Gasteiger partial charge in [-0.3, -0.25) is 9.69 Å². The normalized spacial score (nSPS) is 18.3. The van der Waals surface area contributed by atoms with E-state index in [1.807, 2.05) is 12.4 Å². The van der Waals surface area contributed by atoms with Gasteiger partial charge in [0.25, 0.3) is 0 Å². The van der Waals surface area contributed by atoms with Crippen molar-refractivity contribution in [3.8, 4) is 11.1 Å². The number of aromatic nitrogens is 2. The van der Waals surface area contributed by atoms with Gasteiger partial charge in [0.15, 0.2) is 0 Å². The number of rotatable bonds is 4. The molecule has 1 aromatic carbocycles. The fraction of sp³-hybridized carbons (Fsp3) is 0.353. The molecular formula is C17H20N4O. The van der Waals surface area contributed by atoms with E-state index in [1.165, 1.54) is 11.9 Å².